The molecule has 1 fully saturated rings. The highest BCUT2D eigenvalue weighted by Crippen LogP contribution is 2.13. The van der Waals surface area contributed by atoms with Crippen LogP contribution in [0.15, 0.2) is 0 Å². The largest absolute Gasteiger partial charge is 0.314 e. The van der Waals surface area contributed by atoms with Gasteiger partial charge in [0, 0.05) is 12.6 Å². The van der Waals surface area contributed by atoms with Crippen molar-refractivity contribution in [3.05, 3.63) is 0 Å². The molecule has 1 saturated heterocycles. The van der Waals surface area contributed by atoms with E-state index in [2.05, 4.69) is 31.1 Å². The standard InChI is InChI=1S/C11H24N2/c1-4-5-10(2)12-8-11-6-7-13(3)9-11/h10-12H,4-9H2,1-3H3. The fraction of sp³-hybridized carbons (Fsp3) is 1.00. The van der Waals surface area contributed by atoms with Crippen LogP contribution in [0.4, 0.5) is 0 Å². The van der Waals surface area contributed by atoms with Crippen molar-refractivity contribution < 1.29 is 0 Å². The van der Waals surface area contributed by atoms with Gasteiger partial charge in [-0.1, -0.05) is 13.3 Å². The first-order valence-electron chi connectivity index (χ1n) is 5.64. The number of hydrogen-bond acceptors (Lipinski definition) is 2. The molecule has 0 saturated carbocycles. The van der Waals surface area contributed by atoms with Crippen molar-refractivity contribution in [3.8, 4) is 0 Å². The van der Waals surface area contributed by atoms with Gasteiger partial charge in [-0.15, -0.1) is 0 Å². The van der Waals surface area contributed by atoms with Gasteiger partial charge in [0.05, 0.1) is 0 Å². The average molecular weight is 184 g/mol. The molecule has 2 unspecified atom stereocenters. The summed E-state index contributed by atoms with van der Waals surface area (Å²) in [6.07, 6.45) is 3.98. The summed E-state index contributed by atoms with van der Waals surface area (Å²) in [6, 6.07) is 0.705. The maximum atomic E-state index is 3.62. The van der Waals surface area contributed by atoms with Crippen molar-refractivity contribution in [3.63, 3.8) is 0 Å². The Morgan fingerprint density at radius 1 is 1.54 bits per heavy atom. The third-order valence-corrected chi connectivity index (χ3v) is 2.97. The minimum Gasteiger partial charge on any atom is -0.314 e. The van der Waals surface area contributed by atoms with Crippen LogP contribution in [0.25, 0.3) is 0 Å². The van der Waals surface area contributed by atoms with Gasteiger partial charge in [0.25, 0.3) is 0 Å². The van der Waals surface area contributed by atoms with E-state index in [9.17, 15) is 0 Å². The normalized spacial score (nSPS) is 26.5. The zero-order valence-corrected chi connectivity index (χ0v) is 9.34. The Balaban J connectivity index is 2.05. The lowest BCUT2D eigenvalue weighted by atomic mass is 10.1. The van der Waals surface area contributed by atoms with Gasteiger partial charge in [-0.2, -0.15) is 0 Å². The predicted octanol–water partition coefficient (Wildman–Crippen LogP) is 1.72. The second kappa shape index (κ2) is 5.61. The van der Waals surface area contributed by atoms with E-state index in [1.165, 1.54) is 38.9 Å². The molecular formula is C11H24N2. The fourth-order valence-corrected chi connectivity index (χ4v) is 2.10. The van der Waals surface area contributed by atoms with Crippen molar-refractivity contribution >= 4 is 0 Å². The first kappa shape index (κ1) is 11.0. The summed E-state index contributed by atoms with van der Waals surface area (Å²) in [5.41, 5.74) is 0. The number of rotatable bonds is 5. The Labute approximate surface area is 82.7 Å². The van der Waals surface area contributed by atoms with E-state index in [0.29, 0.717) is 6.04 Å². The average Bonchev–Trinajstić information content (AvgIpc) is 2.49. The monoisotopic (exact) mass is 184 g/mol. The molecule has 0 radical (unpaired) electrons. The first-order chi connectivity index (χ1) is 6.22. The minimum atomic E-state index is 0.705. The molecular weight excluding hydrogens is 160 g/mol. The highest BCUT2D eigenvalue weighted by molar-refractivity contribution is 4.75. The van der Waals surface area contributed by atoms with Crippen LogP contribution in [-0.4, -0.2) is 37.6 Å². The molecule has 78 valence electrons. The zero-order valence-electron chi connectivity index (χ0n) is 9.34. The third-order valence-electron chi connectivity index (χ3n) is 2.97. The van der Waals surface area contributed by atoms with Crippen LogP contribution in [-0.2, 0) is 0 Å². The molecule has 13 heavy (non-hydrogen) atoms. The van der Waals surface area contributed by atoms with Gasteiger partial charge in [0.1, 0.15) is 0 Å². The van der Waals surface area contributed by atoms with E-state index in [0.717, 1.165) is 5.92 Å². The van der Waals surface area contributed by atoms with Crippen molar-refractivity contribution in [1.82, 2.24) is 10.2 Å². The van der Waals surface area contributed by atoms with Gasteiger partial charge >= 0.3 is 0 Å². The van der Waals surface area contributed by atoms with E-state index >= 15 is 0 Å². The van der Waals surface area contributed by atoms with Gasteiger partial charge in [-0.3, -0.25) is 0 Å². The van der Waals surface area contributed by atoms with Gasteiger partial charge in [-0.05, 0) is 45.8 Å². The lowest BCUT2D eigenvalue weighted by Gasteiger charge is -2.16. The minimum absolute atomic E-state index is 0.705. The maximum Gasteiger partial charge on any atom is 0.00387 e. The molecule has 1 aliphatic heterocycles. The Bertz CT molecular complexity index is 136. The summed E-state index contributed by atoms with van der Waals surface area (Å²) in [4.78, 5) is 2.43. The van der Waals surface area contributed by atoms with Crippen LogP contribution in [0.3, 0.4) is 0 Å². The third kappa shape index (κ3) is 4.10. The first-order valence-corrected chi connectivity index (χ1v) is 5.64. The summed E-state index contributed by atoms with van der Waals surface area (Å²) in [5.74, 6) is 0.893. The van der Waals surface area contributed by atoms with E-state index in [1.807, 2.05) is 0 Å². The molecule has 0 spiro atoms. The molecule has 1 rings (SSSR count). The maximum absolute atomic E-state index is 3.62. The Morgan fingerprint density at radius 3 is 2.85 bits per heavy atom. The summed E-state index contributed by atoms with van der Waals surface area (Å²) in [6.45, 7) is 8.33. The summed E-state index contributed by atoms with van der Waals surface area (Å²) >= 11 is 0. The highest BCUT2D eigenvalue weighted by Gasteiger charge is 2.19. The molecule has 1 N–H and O–H groups in total. The van der Waals surface area contributed by atoms with Gasteiger partial charge in [-0.25, -0.2) is 0 Å². The van der Waals surface area contributed by atoms with E-state index in [1.54, 1.807) is 0 Å². The lowest BCUT2D eigenvalue weighted by molar-refractivity contribution is 0.377. The molecule has 2 atom stereocenters. The molecule has 0 aromatic heterocycles. The molecule has 0 amide bonds. The van der Waals surface area contributed by atoms with Gasteiger partial charge in [0.15, 0.2) is 0 Å². The lowest BCUT2D eigenvalue weighted by Crippen LogP contribution is -2.32. The van der Waals surface area contributed by atoms with Crippen molar-refractivity contribution in [2.75, 3.05) is 26.7 Å². The fourth-order valence-electron chi connectivity index (χ4n) is 2.10. The second-order valence-corrected chi connectivity index (χ2v) is 4.51. The molecule has 1 heterocycles. The van der Waals surface area contributed by atoms with Crippen LogP contribution in [0.5, 0.6) is 0 Å². The van der Waals surface area contributed by atoms with Crippen molar-refractivity contribution in [2.24, 2.45) is 5.92 Å². The summed E-state index contributed by atoms with van der Waals surface area (Å²) in [5, 5.41) is 3.62. The molecule has 0 aromatic carbocycles. The number of hydrogen-bond donors (Lipinski definition) is 1. The predicted molar refractivity (Wildman–Crippen MR) is 58.0 cm³/mol. The van der Waals surface area contributed by atoms with E-state index in [-0.39, 0.29) is 0 Å². The topological polar surface area (TPSA) is 15.3 Å². The number of nitrogens with zero attached hydrogens (tertiary/aromatic N) is 1. The van der Waals surface area contributed by atoms with Crippen molar-refractivity contribution in [2.45, 2.75) is 39.2 Å². The smallest absolute Gasteiger partial charge is 0.00387 e. The molecule has 0 aromatic rings. The molecule has 1 aliphatic rings. The molecule has 0 aliphatic carbocycles. The molecule has 0 bridgehead atoms. The van der Waals surface area contributed by atoms with Gasteiger partial charge in [0.2, 0.25) is 0 Å². The summed E-state index contributed by atoms with van der Waals surface area (Å²) in [7, 11) is 2.22. The van der Waals surface area contributed by atoms with Gasteiger partial charge < -0.3 is 10.2 Å². The highest BCUT2D eigenvalue weighted by atomic mass is 15.1. The SMILES string of the molecule is CCCC(C)NCC1CCN(C)C1. The van der Waals surface area contributed by atoms with E-state index < -0.39 is 0 Å². The second-order valence-electron chi connectivity index (χ2n) is 4.51. The Morgan fingerprint density at radius 2 is 2.31 bits per heavy atom. The van der Waals surface area contributed by atoms with Crippen LogP contribution in [0.2, 0.25) is 0 Å². The zero-order chi connectivity index (χ0) is 9.68. The van der Waals surface area contributed by atoms with Crippen LogP contribution >= 0.6 is 0 Å². The number of likely N-dealkylation sites (tertiary alicyclic amines) is 1. The van der Waals surface area contributed by atoms with Crippen LogP contribution in [0, 0.1) is 5.92 Å². The molecule has 2 heteroatoms. The quantitative estimate of drug-likeness (QED) is 0.700. The summed E-state index contributed by atoms with van der Waals surface area (Å²) < 4.78 is 0. The van der Waals surface area contributed by atoms with E-state index in [4.69, 9.17) is 0 Å². The van der Waals surface area contributed by atoms with Crippen LogP contribution in [0.1, 0.15) is 33.1 Å². The van der Waals surface area contributed by atoms with Crippen LogP contribution < -0.4 is 5.32 Å². The van der Waals surface area contributed by atoms with Crippen molar-refractivity contribution in [1.29, 1.82) is 0 Å². The Hall–Kier alpha value is -0.0800. The Kier molecular flexibility index (Phi) is 4.74. The number of nitrogens with one attached hydrogen (secondary N) is 1. The molecule has 2 nitrogen and oxygen atoms in total.